The molecule has 4 rings (SSSR count). The molecule has 0 amide bonds. The van der Waals surface area contributed by atoms with Crippen LogP contribution in [0.4, 0.5) is 0 Å². The first kappa shape index (κ1) is 20.1. The third-order valence-corrected chi connectivity index (χ3v) is 6.54. The van der Waals surface area contributed by atoms with E-state index in [9.17, 15) is 4.79 Å². The third kappa shape index (κ3) is 3.72. The van der Waals surface area contributed by atoms with Gasteiger partial charge >= 0.3 is 5.97 Å². The maximum atomic E-state index is 13.9. The molecule has 154 valence electrons. The van der Waals surface area contributed by atoms with Crippen molar-refractivity contribution in [1.29, 1.82) is 0 Å². The quantitative estimate of drug-likeness (QED) is 0.648. The molecule has 2 aromatic carbocycles. The Morgan fingerprint density at radius 2 is 1.55 bits per heavy atom. The largest absolute Gasteiger partial charge is 0.458 e. The number of nitrogens with zero attached hydrogens (tertiary/aromatic N) is 1. The van der Waals surface area contributed by atoms with Crippen LogP contribution in [0.15, 0.2) is 60.7 Å². The van der Waals surface area contributed by atoms with Gasteiger partial charge in [-0.25, -0.2) is 4.79 Å². The zero-order valence-electron chi connectivity index (χ0n) is 17.4. The van der Waals surface area contributed by atoms with Crippen LogP contribution in [0.25, 0.3) is 0 Å². The number of fused-ring (bicyclic) bond motifs is 2. The van der Waals surface area contributed by atoms with Gasteiger partial charge in [-0.3, -0.25) is 4.90 Å². The zero-order chi connectivity index (χ0) is 20.3. The highest BCUT2D eigenvalue weighted by Gasteiger charge is 2.48. The predicted molar refractivity (Wildman–Crippen MR) is 114 cm³/mol. The normalized spacial score (nSPS) is 24.4. The summed E-state index contributed by atoms with van der Waals surface area (Å²) in [5, 5.41) is 0. The van der Waals surface area contributed by atoms with Gasteiger partial charge in [0.05, 0.1) is 0 Å². The molecule has 2 heterocycles. The van der Waals surface area contributed by atoms with Gasteiger partial charge in [0.15, 0.2) is 0 Å². The van der Waals surface area contributed by atoms with E-state index in [0.29, 0.717) is 18.7 Å². The lowest BCUT2D eigenvalue weighted by Crippen LogP contribution is -2.50. The van der Waals surface area contributed by atoms with E-state index in [1.165, 1.54) is 6.42 Å². The van der Waals surface area contributed by atoms with Crippen molar-refractivity contribution < 1.29 is 14.3 Å². The van der Waals surface area contributed by atoms with Crippen molar-refractivity contribution in [2.24, 2.45) is 0 Å². The molecule has 0 aromatic heterocycles. The minimum absolute atomic E-state index is 0.0803. The number of carbonyl (C=O) groups excluding carboxylic acids is 1. The van der Waals surface area contributed by atoms with E-state index in [1.54, 1.807) is 0 Å². The Morgan fingerprint density at radius 3 is 2.14 bits per heavy atom. The van der Waals surface area contributed by atoms with Crippen LogP contribution in [-0.4, -0.2) is 42.7 Å². The van der Waals surface area contributed by atoms with Crippen LogP contribution in [0.2, 0.25) is 0 Å². The Hall–Kier alpha value is -2.17. The van der Waals surface area contributed by atoms with Gasteiger partial charge in [-0.15, -0.1) is 0 Å². The van der Waals surface area contributed by atoms with Crippen LogP contribution < -0.4 is 0 Å². The number of rotatable bonds is 7. The number of carbonyl (C=O) groups is 1. The minimum atomic E-state index is -1.24. The van der Waals surface area contributed by atoms with Crippen LogP contribution in [0.3, 0.4) is 0 Å². The van der Waals surface area contributed by atoms with Crippen LogP contribution in [-0.2, 0) is 19.9 Å². The minimum Gasteiger partial charge on any atom is -0.458 e. The van der Waals surface area contributed by atoms with E-state index >= 15 is 0 Å². The van der Waals surface area contributed by atoms with E-state index in [-0.39, 0.29) is 12.1 Å². The Morgan fingerprint density at radius 1 is 0.966 bits per heavy atom. The second-order valence-corrected chi connectivity index (χ2v) is 8.25. The summed E-state index contributed by atoms with van der Waals surface area (Å²) in [7, 11) is 2.16. The molecular weight excluding hydrogens is 362 g/mol. The first-order chi connectivity index (χ1) is 14.2. The van der Waals surface area contributed by atoms with Gasteiger partial charge in [-0.05, 0) is 50.3 Å². The SMILES string of the molecule is CCCOC(C(=O)O[C@@H]1CC[C@H]2CC[C@@H]1N2C)(c1ccccc1)c1ccccc1. The van der Waals surface area contributed by atoms with Gasteiger partial charge in [-0.2, -0.15) is 0 Å². The second kappa shape index (κ2) is 8.68. The number of piperidine rings is 1. The lowest BCUT2D eigenvalue weighted by Gasteiger charge is -2.39. The smallest absolute Gasteiger partial charge is 0.348 e. The second-order valence-electron chi connectivity index (χ2n) is 8.25. The molecule has 3 atom stereocenters. The highest BCUT2D eigenvalue weighted by Crippen LogP contribution is 2.40. The highest BCUT2D eigenvalue weighted by molar-refractivity contribution is 5.86. The topological polar surface area (TPSA) is 38.8 Å². The summed E-state index contributed by atoms with van der Waals surface area (Å²) >= 11 is 0. The standard InChI is InChI=1S/C25H31NO3/c1-3-18-28-25(19-10-6-4-7-11-19,20-12-8-5-9-13-20)24(27)29-23-17-15-21-14-16-22(23)26(21)2/h4-13,21-23H,3,14-18H2,1-2H3/t21-,22+,23-/m1/s1. The van der Waals surface area contributed by atoms with Gasteiger partial charge in [0.2, 0.25) is 5.60 Å². The Labute approximate surface area is 173 Å². The fraction of sp³-hybridized carbons (Fsp3) is 0.480. The van der Waals surface area contributed by atoms with E-state index in [4.69, 9.17) is 9.47 Å². The molecule has 2 aliphatic heterocycles. The number of ether oxygens (including phenoxy) is 2. The number of benzene rings is 2. The maximum absolute atomic E-state index is 13.9. The predicted octanol–water partition coefficient (Wildman–Crippen LogP) is 4.53. The molecule has 0 radical (unpaired) electrons. The molecule has 2 aromatic rings. The average molecular weight is 394 g/mol. The van der Waals surface area contributed by atoms with Gasteiger partial charge in [0, 0.05) is 18.7 Å². The molecule has 2 saturated heterocycles. The van der Waals surface area contributed by atoms with Gasteiger partial charge in [0.25, 0.3) is 0 Å². The summed E-state index contributed by atoms with van der Waals surface area (Å²) < 4.78 is 12.6. The van der Waals surface area contributed by atoms with Crippen molar-refractivity contribution in [2.75, 3.05) is 13.7 Å². The van der Waals surface area contributed by atoms with Crippen LogP contribution in [0.5, 0.6) is 0 Å². The van der Waals surface area contributed by atoms with Crippen molar-refractivity contribution in [3.63, 3.8) is 0 Å². The van der Waals surface area contributed by atoms with Crippen molar-refractivity contribution in [1.82, 2.24) is 4.90 Å². The van der Waals surface area contributed by atoms with Crippen LogP contribution in [0.1, 0.15) is 50.2 Å². The molecule has 2 aliphatic rings. The van der Waals surface area contributed by atoms with E-state index in [2.05, 4.69) is 18.9 Å². The fourth-order valence-corrected chi connectivity index (χ4v) is 4.97. The number of likely N-dealkylation sites (N-methyl/N-ethyl adjacent to an activating group) is 1. The van der Waals surface area contributed by atoms with Crippen molar-refractivity contribution >= 4 is 5.97 Å². The molecule has 0 N–H and O–H groups in total. The molecule has 0 spiro atoms. The summed E-state index contributed by atoms with van der Waals surface area (Å²) in [5.41, 5.74) is 0.392. The summed E-state index contributed by atoms with van der Waals surface area (Å²) in [6.07, 6.45) is 5.06. The lowest BCUT2D eigenvalue weighted by molar-refractivity contribution is -0.179. The van der Waals surface area contributed by atoms with E-state index < -0.39 is 5.60 Å². The molecule has 0 aliphatic carbocycles. The number of esters is 1. The van der Waals surface area contributed by atoms with Gasteiger partial charge in [0.1, 0.15) is 6.10 Å². The Balaban J connectivity index is 1.72. The monoisotopic (exact) mass is 393 g/mol. The van der Waals surface area contributed by atoms with Crippen molar-refractivity contribution in [2.45, 2.75) is 62.8 Å². The third-order valence-electron chi connectivity index (χ3n) is 6.54. The first-order valence-corrected chi connectivity index (χ1v) is 10.8. The molecule has 0 saturated carbocycles. The summed E-state index contributed by atoms with van der Waals surface area (Å²) in [6.45, 7) is 2.54. The highest BCUT2D eigenvalue weighted by atomic mass is 16.6. The van der Waals surface area contributed by atoms with Gasteiger partial charge in [-0.1, -0.05) is 67.6 Å². The maximum Gasteiger partial charge on any atom is 0.348 e. The lowest BCUT2D eigenvalue weighted by atomic mass is 9.85. The first-order valence-electron chi connectivity index (χ1n) is 10.8. The molecule has 29 heavy (non-hydrogen) atoms. The molecule has 2 bridgehead atoms. The molecular formula is C25H31NO3. The molecule has 0 unspecified atom stereocenters. The molecule has 2 fully saturated rings. The Bertz CT molecular complexity index is 768. The summed E-state index contributed by atoms with van der Waals surface area (Å²) in [5.74, 6) is -0.299. The molecule has 4 heteroatoms. The Kier molecular flexibility index (Phi) is 6.02. The van der Waals surface area contributed by atoms with Gasteiger partial charge < -0.3 is 9.47 Å². The summed E-state index contributed by atoms with van der Waals surface area (Å²) in [6, 6.07) is 20.5. The van der Waals surface area contributed by atoms with Crippen LogP contribution in [0, 0.1) is 0 Å². The fourth-order valence-electron chi connectivity index (χ4n) is 4.97. The number of hydrogen-bond donors (Lipinski definition) is 0. The van der Waals surface area contributed by atoms with Crippen molar-refractivity contribution in [3.8, 4) is 0 Å². The zero-order valence-corrected chi connectivity index (χ0v) is 17.4. The van der Waals surface area contributed by atoms with E-state index in [1.807, 2.05) is 60.7 Å². The van der Waals surface area contributed by atoms with Crippen LogP contribution >= 0.6 is 0 Å². The molecule has 4 nitrogen and oxygen atoms in total. The number of hydrogen-bond acceptors (Lipinski definition) is 4. The summed E-state index contributed by atoms with van der Waals surface area (Å²) in [4.78, 5) is 16.3. The van der Waals surface area contributed by atoms with Crippen molar-refractivity contribution in [3.05, 3.63) is 71.8 Å². The average Bonchev–Trinajstić information content (AvgIpc) is 2.99. The van der Waals surface area contributed by atoms with E-state index in [0.717, 1.165) is 36.8 Å².